The van der Waals surface area contributed by atoms with Gasteiger partial charge in [-0.3, -0.25) is 14.4 Å². The van der Waals surface area contributed by atoms with Crippen molar-refractivity contribution in [3.8, 4) is 0 Å². The van der Waals surface area contributed by atoms with Gasteiger partial charge in [0.15, 0.2) is 0 Å². The van der Waals surface area contributed by atoms with E-state index in [-0.39, 0.29) is 24.3 Å². The Morgan fingerprint density at radius 2 is 1.64 bits per heavy atom. The van der Waals surface area contributed by atoms with Crippen LogP contribution in [0.3, 0.4) is 0 Å². The first-order valence-electron chi connectivity index (χ1n) is 8.62. The maximum absolute atomic E-state index is 13.3. The number of benzene rings is 2. The fraction of sp³-hybridized carbons (Fsp3) is 0.190. The Bertz CT molecular complexity index is 963. The molecule has 0 radical (unpaired) electrons. The monoisotopic (exact) mass is 383 g/mol. The fourth-order valence-electron chi connectivity index (χ4n) is 3.19. The number of carbonyl (C=O) groups is 3. The molecular weight excluding hydrogens is 365 g/mol. The Morgan fingerprint density at radius 1 is 1.04 bits per heavy atom. The largest absolute Gasteiger partial charge is 0.507 e. The van der Waals surface area contributed by atoms with E-state index in [1.54, 1.807) is 24.3 Å². The Hall–Kier alpha value is -3.48. The van der Waals surface area contributed by atoms with Gasteiger partial charge in [0, 0.05) is 12.1 Å². The zero-order valence-electron chi connectivity index (χ0n) is 15.1. The van der Waals surface area contributed by atoms with Crippen LogP contribution < -0.4 is 0 Å². The number of hydrogen-bond donors (Lipinski definition) is 2. The van der Waals surface area contributed by atoms with Gasteiger partial charge in [-0.05, 0) is 24.6 Å². The van der Waals surface area contributed by atoms with Crippen molar-refractivity contribution < 1.29 is 29.0 Å². The van der Waals surface area contributed by atoms with Crippen molar-refractivity contribution in [2.75, 3.05) is 6.54 Å². The number of carbonyl (C=O) groups excluding carboxylic acids is 2. The molecule has 0 bridgehead atoms. The van der Waals surface area contributed by atoms with Gasteiger partial charge in [-0.2, -0.15) is 0 Å². The molecule has 0 saturated carbocycles. The van der Waals surface area contributed by atoms with E-state index in [0.717, 1.165) is 10.5 Å². The Morgan fingerprint density at radius 3 is 2.21 bits per heavy atom. The number of carboxylic acid groups (broad SMARTS) is 1. The molecule has 0 aromatic heterocycles. The van der Waals surface area contributed by atoms with E-state index >= 15 is 0 Å². The molecule has 0 aliphatic carbocycles. The smallest absolute Gasteiger partial charge is 0.305 e. The minimum Gasteiger partial charge on any atom is -0.507 e. The maximum atomic E-state index is 13.3. The van der Waals surface area contributed by atoms with E-state index in [2.05, 4.69) is 0 Å². The molecule has 1 amide bonds. The molecule has 1 heterocycles. The first-order valence-corrected chi connectivity index (χ1v) is 8.62. The molecule has 1 atom stereocenters. The van der Waals surface area contributed by atoms with E-state index in [4.69, 9.17) is 5.11 Å². The van der Waals surface area contributed by atoms with Crippen LogP contribution in [0.25, 0.3) is 5.76 Å². The third-order valence-corrected chi connectivity index (χ3v) is 4.62. The summed E-state index contributed by atoms with van der Waals surface area (Å²) in [5.74, 6) is -3.78. The predicted octanol–water partition coefficient (Wildman–Crippen LogP) is 3.03. The quantitative estimate of drug-likeness (QED) is 0.470. The Kier molecular flexibility index (Phi) is 5.26. The lowest BCUT2D eigenvalue weighted by molar-refractivity contribution is -0.142. The number of aliphatic carboxylic acids is 1. The summed E-state index contributed by atoms with van der Waals surface area (Å²) >= 11 is 0. The summed E-state index contributed by atoms with van der Waals surface area (Å²) in [6, 6.07) is 10.9. The highest BCUT2D eigenvalue weighted by atomic mass is 19.1. The van der Waals surface area contributed by atoms with E-state index in [0.29, 0.717) is 11.1 Å². The van der Waals surface area contributed by atoms with Gasteiger partial charge < -0.3 is 15.1 Å². The van der Waals surface area contributed by atoms with E-state index in [1.807, 2.05) is 6.92 Å². The summed E-state index contributed by atoms with van der Waals surface area (Å²) < 4.78 is 13.3. The molecule has 1 aliphatic heterocycles. The second-order valence-electron chi connectivity index (χ2n) is 6.55. The predicted molar refractivity (Wildman–Crippen MR) is 98.8 cm³/mol. The number of halogens is 1. The summed E-state index contributed by atoms with van der Waals surface area (Å²) in [5, 5.41) is 19.7. The number of ketones is 1. The van der Waals surface area contributed by atoms with Crippen LogP contribution >= 0.6 is 0 Å². The first kappa shape index (κ1) is 19.3. The van der Waals surface area contributed by atoms with Crippen LogP contribution in [0.4, 0.5) is 4.39 Å². The molecule has 0 spiro atoms. The average Bonchev–Trinajstić information content (AvgIpc) is 2.91. The third-order valence-electron chi connectivity index (χ3n) is 4.62. The van der Waals surface area contributed by atoms with Crippen molar-refractivity contribution in [2.24, 2.45) is 0 Å². The van der Waals surface area contributed by atoms with Gasteiger partial charge in [-0.15, -0.1) is 0 Å². The molecule has 144 valence electrons. The van der Waals surface area contributed by atoms with Gasteiger partial charge in [0.1, 0.15) is 11.6 Å². The summed E-state index contributed by atoms with van der Waals surface area (Å²) in [5.41, 5.74) is 1.56. The number of likely N-dealkylation sites (tertiary alicyclic amines) is 1. The molecule has 2 aromatic carbocycles. The summed E-state index contributed by atoms with van der Waals surface area (Å²) in [7, 11) is 0. The van der Waals surface area contributed by atoms with Crippen molar-refractivity contribution in [3.63, 3.8) is 0 Å². The highest BCUT2D eigenvalue weighted by molar-refractivity contribution is 6.46. The van der Waals surface area contributed by atoms with Gasteiger partial charge in [-0.1, -0.05) is 42.0 Å². The number of rotatable bonds is 5. The molecular formula is C21H18FNO5. The van der Waals surface area contributed by atoms with Gasteiger partial charge in [0.25, 0.3) is 11.7 Å². The van der Waals surface area contributed by atoms with Crippen molar-refractivity contribution in [1.29, 1.82) is 0 Å². The first-order chi connectivity index (χ1) is 13.3. The molecule has 1 aliphatic rings. The van der Waals surface area contributed by atoms with Crippen LogP contribution in [0.2, 0.25) is 0 Å². The van der Waals surface area contributed by atoms with Crippen LogP contribution in [0.1, 0.15) is 29.2 Å². The van der Waals surface area contributed by atoms with E-state index in [1.165, 1.54) is 24.3 Å². The molecule has 2 aromatic rings. The van der Waals surface area contributed by atoms with E-state index in [9.17, 15) is 23.9 Å². The van der Waals surface area contributed by atoms with Crippen LogP contribution in [0.5, 0.6) is 0 Å². The molecule has 1 saturated heterocycles. The van der Waals surface area contributed by atoms with Crippen LogP contribution in [-0.4, -0.2) is 39.3 Å². The van der Waals surface area contributed by atoms with Gasteiger partial charge in [0.2, 0.25) is 0 Å². The molecule has 28 heavy (non-hydrogen) atoms. The molecule has 3 rings (SSSR count). The Labute approximate surface area is 160 Å². The van der Waals surface area contributed by atoms with Crippen LogP contribution in [0.15, 0.2) is 54.1 Å². The maximum Gasteiger partial charge on any atom is 0.305 e. The van der Waals surface area contributed by atoms with E-state index < -0.39 is 29.5 Å². The van der Waals surface area contributed by atoms with Crippen molar-refractivity contribution in [3.05, 3.63) is 76.6 Å². The van der Waals surface area contributed by atoms with Crippen molar-refractivity contribution in [2.45, 2.75) is 19.4 Å². The summed E-state index contributed by atoms with van der Waals surface area (Å²) in [6.07, 6.45) is -0.366. The number of aliphatic hydroxyl groups excluding tert-OH is 1. The second-order valence-corrected chi connectivity index (χ2v) is 6.55. The number of amides is 1. The number of nitrogens with zero attached hydrogens (tertiary/aromatic N) is 1. The lowest BCUT2D eigenvalue weighted by Crippen LogP contribution is -2.31. The van der Waals surface area contributed by atoms with Crippen LogP contribution in [0, 0.1) is 12.7 Å². The standard InChI is InChI=1S/C21H18FNO5/c1-12-2-4-14(5-3-12)19(26)17-18(13-6-8-15(22)9-7-13)23(11-10-16(24)25)21(28)20(17)27/h2-9,18,26H,10-11H2,1H3,(H,24,25)/b19-17-. The van der Waals surface area contributed by atoms with Crippen LogP contribution in [-0.2, 0) is 14.4 Å². The van der Waals surface area contributed by atoms with Crippen molar-refractivity contribution in [1.82, 2.24) is 4.90 Å². The lowest BCUT2D eigenvalue weighted by atomic mass is 9.95. The van der Waals surface area contributed by atoms with Gasteiger partial charge in [0.05, 0.1) is 18.0 Å². The molecule has 1 fully saturated rings. The molecule has 6 nitrogen and oxygen atoms in total. The zero-order chi connectivity index (χ0) is 20.4. The summed E-state index contributed by atoms with van der Waals surface area (Å²) in [4.78, 5) is 37.3. The third kappa shape index (κ3) is 3.64. The zero-order valence-corrected chi connectivity index (χ0v) is 15.1. The van der Waals surface area contributed by atoms with Gasteiger partial charge >= 0.3 is 5.97 Å². The second kappa shape index (κ2) is 7.64. The summed E-state index contributed by atoms with van der Waals surface area (Å²) in [6.45, 7) is 1.65. The highest BCUT2D eigenvalue weighted by Gasteiger charge is 2.46. The molecule has 2 N–H and O–H groups in total. The lowest BCUT2D eigenvalue weighted by Gasteiger charge is -2.24. The van der Waals surface area contributed by atoms with Gasteiger partial charge in [-0.25, -0.2) is 4.39 Å². The molecule has 1 unspecified atom stereocenters. The Balaban J connectivity index is 2.14. The van der Waals surface area contributed by atoms with Crippen molar-refractivity contribution >= 4 is 23.4 Å². The number of aliphatic hydroxyl groups is 1. The number of hydrogen-bond acceptors (Lipinski definition) is 4. The topological polar surface area (TPSA) is 94.9 Å². The number of aryl methyl sites for hydroxylation is 1. The SMILES string of the molecule is Cc1ccc(/C(O)=C2/C(=O)C(=O)N(CCC(=O)O)C2c2ccc(F)cc2)cc1. The number of carboxylic acids is 1. The highest BCUT2D eigenvalue weighted by Crippen LogP contribution is 2.39. The minimum absolute atomic E-state index is 0.147. The minimum atomic E-state index is -1.13. The fourth-order valence-corrected chi connectivity index (χ4v) is 3.19. The number of Topliss-reactive ketones (excluding diaryl/α,β-unsaturated/α-hetero) is 1. The molecule has 7 heteroatoms. The average molecular weight is 383 g/mol. The normalized spacial score (nSPS) is 18.5.